The van der Waals surface area contributed by atoms with E-state index in [9.17, 15) is 0 Å². The third-order valence-corrected chi connectivity index (χ3v) is 8.51. The highest BCUT2D eigenvalue weighted by Gasteiger charge is 2.65. The molecule has 0 heterocycles. The van der Waals surface area contributed by atoms with Crippen LogP contribution in [0, 0.1) is 5.92 Å². The van der Waals surface area contributed by atoms with E-state index in [0.717, 1.165) is 0 Å². The van der Waals surface area contributed by atoms with Crippen LogP contribution in [0.15, 0.2) is 0 Å². The first-order chi connectivity index (χ1) is 7.15. The summed E-state index contributed by atoms with van der Waals surface area (Å²) < 4.78 is 0. The summed E-state index contributed by atoms with van der Waals surface area (Å²) in [6.45, 7) is 2.46. The minimum atomic E-state index is 0.319. The quantitative estimate of drug-likeness (QED) is 0.353. The Morgan fingerprint density at radius 3 is 1.00 bits per heavy atom. The van der Waals surface area contributed by atoms with E-state index in [1.54, 1.807) is 0 Å². The van der Waals surface area contributed by atoms with Crippen molar-refractivity contribution in [2.24, 2.45) is 5.92 Å². The minimum absolute atomic E-state index is 0.319. The maximum absolute atomic E-state index is 2.47. The predicted octanol–water partition coefficient (Wildman–Crippen LogP) is -7.45. The normalized spacial score (nSPS) is 32.8. The Morgan fingerprint density at radius 2 is 0.765 bits per heavy atom. The average Bonchev–Trinajstić information content (AvgIpc) is 2.13. The fraction of sp³-hybridized carbons (Fsp3) is 1.00. The molecule has 10 heteroatoms. The van der Waals surface area contributed by atoms with Gasteiger partial charge in [0.2, 0.25) is 0 Å². The zero-order valence-electron chi connectivity index (χ0n) is 14.1. The van der Waals surface area contributed by atoms with Gasteiger partial charge in [-0.25, -0.2) is 0 Å². The zero-order valence-corrected chi connectivity index (χ0v) is 14.1. The Labute approximate surface area is 117 Å². The minimum Gasteiger partial charge on any atom is -0.102 e. The number of rotatable bonds is 0. The summed E-state index contributed by atoms with van der Waals surface area (Å²) in [5.41, 5.74) is 0. The summed E-state index contributed by atoms with van der Waals surface area (Å²) in [5, 5.41) is 1.70. The predicted molar refractivity (Wildman–Crippen MR) is 108 cm³/mol. The molecule has 0 N–H and O–H groups in total. The van der Waals surface area contributed by atoms with Gasteiger partial charge in [0.15, 0.2) is 0 Å². The second kappa shape index (κ2) is 3.60. The lowest BCUT2D eigenvalue weighted by Crippen LogP contribution is -2.63. The first-order valence-electron chi connectivity index (χ1n) is 7.15. The fourth-order valence-electron chi connectivity index (χ4n) is 4.38. The second-order valence-corrected chi connectivity index (χ2v) is 9.04. The van der Waals surface area contributed by atoms with Crippen molar-refractivity contribution in [1.82, 2.24) is 0 Å². The maximum atomic E-state index is 2.47. The van der Waals surface area contributed by atoms with Crippen molar-refractivity contribution in [3.63, 3.8) is 0 Å². The molecule has 0 nitrogen and oxygen atoms in total. The molecule has 1 fully saturated rings. The third kappa shape index (κ3) is 1.51. The van der Waals surface area contributed by atoms with E-state index in [0.29, 0.717) is 32.0 Å². The topological polar surface area (TPSA) is 0 Å². The van der Waals surface area contributed by atoms with Crippen molar-refractivity contribution in [2.75, 3.05) is 0 Å². The standard InChI is InChI=1S/C7H24B10/c1-2-3(8,9)5(12,13)7(16,17)6(14,15)4(2,10)11/h2H,8-17H2,1H3. The van der Waals surface area contributed by atoms with Gasteiger partial charge in [0.25, 0.3) is 0 Å². The fourth-order valence-corrected chi connectivity index (χ4v) is 4.38. The van der Waals surface area contributed by atoms with Crippen LogP contribution in [0.25, 0.3) is 0 Å². The van der Waals surface area contributed by atoms with Crippen LogP contribution in [-0.2, 0) is 0 Å². The molecular formula is C7H24B10. The molecule has 82 valence electrons. The Hall–Kier alpha value is 0.649. The van der Waals surface area contributed by atoms with E-state index in [1.165, 1.54) is 0 Å². The highest BCUT2D eigenvalue weighted by atomic mass is 14.5. The first kappa shape index (κ1) is 15.7. The van der Waals surface area contributed by atoms with Crippen molar-refractivity contribution in [2.45, 2.75) is 33.0 Å². The molecule has 17 heavy (non-hydrogen) atoms. The van der Waals surface area contributed by atoms with Gasteiger partial charge in [-0.15, -0.1) is 15.6 Å². The summed E-state index contributed by atoms with van der Waals surface area (Å²) in [4.78, 5) is 0. The van der Waals surface area contributed by atoms with Crippen LogP contribution in [0.4, 0.5) is 0 Å². The molecule has 0 aromatic heterocycles. The summed E-state index contributed by atoms with van der Waals surface area (Å²) in [6.07, 6.45) is 0. The van der Waals surface area contributed by atoms with Crippen LogP contribution in [0.2, 0.25) is 26.1 Å². The monoisotopic (exact) mass is 218 g/mol. The van der Waals surface area contributed by atoms with Crippen LogP contribution < -0.4 is 0 Å². The van der Waals surface area contributed by atoms with Gasteiger partial charge in [0.05, 0.1) is 78.5 Å². The molecule has 0 aliphatic heterocycles. The van der Waals surface area contributed by atoms with Gasteiger partial charge in [-0.05, 0) is 0 Å². The van der Waals surface area contributed by atoms with Gasteiger partial charge in [-0.2, -0.15) is 0 Å². The molecule has 0 aromatic carbocycles. The molecule has 0 spiro atoms. The summed E-state index contributed by atoms with van der Waals surface area (Å²) in [7, 11) is 24.7. The molecular weight excluding hydrogens is 192 g/mol. The van der Waals surface area contributed by atoms with Gasteiger partial charge in [0.1, 0.15) is 0 Å². The largest absolute Gasteiger partial charge is 0.102 e. The second-order valence-electron chi connectivity index (χ2n) is 9.04. The average molecular weight is 216 g/mol. The molecule has 0 unspecified atom stereocenters. The van der Waals surface area contributed by atoms with Crippen molar-refractivity contribution >= 4 is 78.5 Å². The molecule has 0 radical (unpaired) electrons. The van der Waals surface area contributed by atoms with Crippen LogP contribution in [-0.4, -0.2) is 78.5 Å². The van der Waals surface area contributed by atoms with Crippen LogP contribution in [0.1, 0.15) is 6.92 Å². The van der Waals surface area contributed by atoms with Crippen molar-refractivity contribution in [1.29, 1.82) is 0 Å². The van der Waals surface area contributed by atoms with Gasteiger partial charge in [-0.1, -0.05) is 23.3 Å². The Balaban J connectivity index is 3.56. The summed E-state index contributed by atoms with van der Waals surface area (Å²) in [5.74, 6) is 0.716. The molecule has 0 amide bonds. The molecule has 0 saturated heterocycles. The smallest absolute Gasteiger partial charge is 0.0983 e. The van der Waals surface area contributed by atoms with Gasteiger partial charge in [-0.3, -0.25) is 0 Å². The number of hydrogen-bond acceptors (Lipinski definition) is 0. The van der Waals surface area contributed by atoms with Crippen molar-refractivity contribution in [3.05, 3.63) is 0 Å². The highest BCUT2D eigenvalue weighted by molar-refractivity contribution is 6.70. The van der Waals surface area contributed by atoms with E-state index in [-0.39, 0.29) is 0 Å². The molecule has 1 aliphatic rings. The van der Waals surface area contributed by atoms with Crippen LogP contribution in [0.3, 0.4) is 0 Å². The summed E-state index contributed by atoms with van der Waals surface area (Å²) >= 11 is 0. The molecule has 1 rings (SSSR count). The lowest BCUT2D eigenvalue weighted by Gasteiger charge is -2.75. The lowest BCUT2D eigenvalue weighted by molar-refractivity contribution is 0.263. The van der Waals surface area contributed by atoms with Crippen LogP contribution >= 0.6 is 0 Å². The zero-order chi connectivity index (χ0) is 14.1. The van der Waals surface area contributed by atoms with Gasteiger partial charge in [0, 0.05) is 0 Å². The first-order valence-corrected chi connectivity index (χ1v) is 7.15. The van der Waals surface area contributed by atoms with Crippen molar-refractivity contribution < 1.29 is 0 Å². The molecule has 1 aliphatic carbocycles. The maximum Gasteiger partial charge on any atom is 0.0983 e. The molecule has 0 aromatic rings. The van der Waals surface area contributed by atoms with Crippen molar-refractivity contribution in [3.8, 4) is 0 Å². The van der Waals surface area contributed by atoms with E-state index in [4.69, 9.17) is 0 Å². The van der Waals surface area contributed by atoms with E-state index in [2.05, 4.69) is 85.4 Å². The van der Waals surface area contributed by atoms with Gasteiger partial charge >= 0.3 is 0 Å². The third-order valence-electron chi connectivity index (χ3n) is 8.51. The SMILES string of the molecule is BC1(B)C(C)C(B)(B)C(B)(B)C(B)(B)C1(B)B. The lowest BCUT2D eigenvalue weighted by atomic mass is 9.00. The highest BCUT2D eigenvalue weighted by Crippen LogP contribution is 2.79. The number of hydrogen-bond donors (Lipinski definition) is 0. The van der Waals surface area contributed by atoms with E-state index >= 15 is 0 Å². The van der Waals surface area contributed by atoms with E-state index < -0.39 is 0 Å². The Kier molecular flexibility index (Phi) is 3.33. The molecule has 0 bridgehead atoms. The summed E-state index contributed by atoms with van der Waals surface area (Å²) in [6, 6.07) is 0. The molecule has 0 atom stereocenters. The Bertz CT molecular complexity index is 300. The van der Waals surface area contributed by atoms with Crippen LogP contribution in [0.5, 0.6) is 0 Å². The Morgan fingerprint density at radius 1 is 0.529 bits per heavy atom. The van der Waals surface area contributed by atoms with E-state index in [1.807, 2.05) is 0 Å². The van der Waals surface area contributed by atoms with Gasteiger partial charge < -0.3 is 0 Å². The molecule has 1 saturated carbocycles.